The van der Waals surface area contributed by atoms with Gasteiger partial charge in [0.15, 0.2) is 0 Å². The Hall–Kier alpha value is -3.15. The summed E-state index contributed by atoms with van der Waals surface area (Å²) in [4.78, 5) is 18.4. The van der Waals surface area contributed by atoms with Crippen LogP contribution in [0.5, 0.6) is 0 Å². The van der Waals surface area contributed by atoms with E-state index in [-0.39, 0.29) is 28.5 Å². The fourth-order valence-electron chi connectivity index (χ4n) is 4.16. The van der Waals surface area contributed by atoms with Crippen LogP contribution < -0.4 is 20.7 Å². The van der Waals surface area contributed by atoms with Gasteiger partial charge in [0.1, 0.15) is 6.54 Å². The topological polar surface area (TPSA) is 122 Å². The van der Waals surface area contributed by atoms with Crippen LogP contribution in [0.2, 0.25) is 5.02 Å². The maximum Gasteiger partial charge on any atom is 0.263 e. The molecule has 35 heavy (non-hydrogen) atoms. The normalized spacial score (nSPS) is 14.9. The molecule has 0 aliphatic carbocycles. The highest BCUT2D eigenvalue weighted by molar-refractivity contribution is 7.91. The second-order valence-electron chi connectivity index (χ2n) is 8.13. The number of carbonyl (C=O) groups is 1. The molecule has 2 heterocycles. The molecule has 1 saturated heterocycles. The van der Waals surface area contributed by atoms with Crippen molar-refractivity contribution in [3.8, 4) is 0 Å². The summed E-state index contributed by atoms with van der Waals surface area (Å²) in [5, 5.41) is 4.51. The number of amides is 1. The monoisotopic (exact) mass is 532 g/mol. The summed E-state index contributed by atoms with van der Waals surface area (Å²) in [7, 11) is -3.83. The lowest BCUT2D eigenvalue weighted by molar-refractivity contribution is -0.122. The Labute approximate surface area is 214 Å². The third-order valence-electron chi connectivity index (χ3n) is 5.84. The SMILES string of the molecule is N/C=N\C(=S)NS(=O)(=O)c1ccc(N2CCC(NC(=O)Cn3ccc4cccc(Cl)c43)CC2)cc1. The lowest BCUT2D eigenvalue weighted by Crippen LogP contribution is -2.45. The summed E-state index contributed by atoms with van der Waals surface area (Å²) in [6.07, 6.45) is 4.37. The van der Waals surface area contributed by atoms with E-state index < -0.39 is 10.0 Å². The summed E-state index contributed by atoms with van der Waals surface area (Å²) in [5.41, 5.74) is 6.90. The molecule has 12 heteroatoms. The number of carbonyl (C=O) groups excluding carboxylic acids is 1. The van der Waals surface area contributed by atoms with Gasteiger partial charge in [0, 0.05) is 36.4 Å². The van der Waals surface area contributed by atoms with Crippen LogP contribution in [-0.2, 0) is 21.4 Å². The molecule has 1 aliphatic heterocycles. The zero-order chi connectivity index (χ0) is 25.0. The molecule has 3 aromatic rings. The Bertz CT molecular complexity index is 1360. The first-order chi connectivity index (χ1) is 16.8. The van der Waals surface area contributed by atoms with Gasteiger partial charge in [0.2, 0.25) is 11.0 Å². The summed E-state index contributed by atoms with van der Waals surface area (Å²) in [6, 6.07) is 14.2. The van der Waals surface area contributed by atoms with Gasteiger partial charge >= 0.3 is 0 Å². The number of nitrogens with two attached hydrogens (primary N) is 1. The first-order valence-electron chi connectivity index (χ1n) is 11.0. The van der Waals surface area contributed by atoms with Crippen LogP contribution in [0.3, 0.4) is 0 Å². The summed E-state index contributed by atoms with van der Waals surface area (Å²) < 4.78 is 28.8. The lowest BCUT2D eigenvalue weighted by Gasteiger charge is -2.34. The fourth-order valence-corrected chi connectivity index (χ4v) is 5.74. The number of piperidine rings is 1. The molecule has 1 fully saturated rings. The first-order valence-corrected chi connectivity index (χ1v) is 13.2. The van der Waals surface area contributed by atoms with E-state index in [4.69, 9.17) is 29.6 Å². The number of thiocarbonyl (C=S) groups is 1. The van der Waals surface area contributed by atoms with E-state index in [2.05, 4.69) is 19.9 Å². The van der Waals surface area contributed by atoms with E-state index >= 15 is 0 Å². The van der Waals surface area contributed by atoms with Crippen molar-refractivity contribution in [2.45, 2.75) is 30.3 Å². The van der Waals surface area contributed by atoms with Gasteiger partial charge < -0.3 is 20.5 Å². The number of sulfonamides is 1. The number of nitrogens with one attached hydrogen (secondary N) is 2. The van der Waals surface area contributed by atoms with E-state index in [0.29, 0.717) is 5.02 Å². The molecule has 1 aromatic heterocycles. The third kappa shape index (κ3) is 5.92. The molecule has 1 amide bonds. The molecule has 4 N–H and O–H groups in total. The fraction of sp³-hybridized carbons (Fsp3) is 0.261. The summed E-state index contributed by atoms with van der Waals surface area (Å²) in [6.45, 7) is 1.68. The second-order valence-corrected chi connectivity index (χ2v) is 10.6. The van der Waals surface area contributed by atoms with Crippen molar-refractivity contribution in [2.75, 3.05) is 18.0 Å². The average molecular weight is 533 g/mol. The van der Waals surface area contributed by atoms with Crippen molar-refractivity contribution in [3.05, 3.63) is 59.8 Å². The van der Waals surface area contributed by atoms with Crippen LogP contribution in [0.1, 0.15) is 12.8 Å². The highest BCUT2D eigenvalue weighted by Crippen LogP contribution is 2.25. The predicted octanol–water partition coefficient (Wildman–Crippen LogP) is 2.63. The van der Waals surface area contributed by atoms with Crippen molar-refractivity contribution >= 4 is 67.8 Å². The van der Waals surface area contributed by atoms with Gasteiger partial charge in [-0.3, -0.25) is 9.52 Å². The number of hydrogen-bond donors (Lipinski definition) is 3. The van der Waals surface area contributed by atoms with Gasteiger partial charge in [0.05, 0.1) is 21.8 Å². The van der Waals surface area contributed by atoms with E-state index in [0.717, 1.165) is 48.9 Å². The standard InChI is InChI=1S/C23H25ClN6O3S2/c24-20-3-1-2-16-8-11-30(22(16)20)14-21(31)27-17-9-12-29(13-10-17)18-4-6-19(7-5-18)35(32,33)28-23(34)26-15-25/h1-8,11,15,17H,9-10,12-14H2,(H,27,31)(H3,25,26,28,34). The highest BCUT2D eigenvalue weighted by atomic mass is 35.5. The molecular formula is C23H25ClN6O3S2. The number of benzene rings is 2. The molecule has 184 valence electrons. The third-order valence-corrected chi connectivity index (χ3v) is 7.84. The van der Waals surface area contributed by atoms with Crippen molar-refractivity contribution in [1.29, 1.82) is 0 Å². The van der Waals surface area contributed by atoms with Crippen molar-refractivity contribution in [1.82, 2.24) is 14.6 Å². The van der Waals surface area contributed by atoms with Crippen molar-refractivity contribution in [3.63, 3.8) is 0 Å². The molecule has 0 bridgehead atoms. The zero-order valence-corrected chi connectivity index (χ0v) is 21.1. The number of anilines is 1. The molecule has 9 nitrogen and oxygen atoms in total. The average Bonchev–Trinajstić information content (AvgIpc) is 3.23. The number of aliphatic imine (C=N–C) groups is 1. The molecule has 1 aliphatic rings. The number of aromatic nitrogens is 1. The van der Waals surface area contributed by atoms with E-state index in [1.54, 1.807) is 12.1 Å². The molecule has 0 spiro atoms. The van der Waals surface area contributed by atoms with Crippen molar-refractivity contribution in [2.24, 2.45) is 10.7 Å². The minimum atomic E-state index is -3.83. The Kier molecular flexibility index (Phi) is 7.58. The van der Waals surface area contributed by atoms with Gasteiger partial charge in [-0.2, -0.15) is 0 Å². The number of halogens is 1. The molecule has 0 radical (unpaired) electrons. The zero-order valence-electron chi connectivity index (χ0n) is 18.7. The van der Waals surface area contributed by atoms with Crippen molar-refractivity contribution < 1.29 is 13.2 Å². The summed E-state index contributed by atoms with van der Waals surface area (Å²) in [5.74, 6) is -0.0557. The second kappa shape index (κ2) is 10.6. The maximum absolute atomic E-state index is 12.7. The Morgan fingerprint density at radius 2 is 1.89 bits per heavy atom. The van der Waals surface area contributed by atoms with E-state index in [9.17, 15) is 13.2 Å². The molecule has 0 atom stereocenters. The summed E-state index contributed by atoms with van der Waals surface area (Å²) >= 11 is 11.1. The molecule has 2 aromatic carbocycles. The Morgan fingerprint density at radius 1 is 1.17 bits per heavy atom. The largest absolute Gasteiger partial charge is 0.390 e. The van der Waals surface area contributed by atoms with Gasteiger partial charge in [-0.1, -0.05) is 23.7 Å². The van der Waals surface area contributed by atoms with Crippen LogP contribution in [-0.4, -0.2) is 49.5 Å². The predicted molar refractivity (Wildman–Crippen MR) is 142 cm³/mol. The van der Waals surface area contributed by atoms with Gasteiger partial charge in [-0.05, 0) is 61.5 Å². The van der Waals surface area contributed by atoms with E-state index in [1.165, 1.54) is 12.1 Å². The van der Waals surface area contributed by atoms with Crippen LogP contribution in [0, 0.1) is 0 Å². The van der Waals surface area contributed by atoms with Gasteiger partial charge in [0.25, 0.3) is 10.0 Å². The smallest absolute Gasteiger partial charge is 0.263 e. The van der Waals surface area contributed by atoms with Gasteiger partial charge in [-0.15, -0.1) is 0 Å². The first kappa shape index (κ1) is 25.0. The number of rotatable bonds is 6. The molecule has 4 rings (SSSR count). The number of nitrogens with zero attached hydrogens (tertiary/aromatic N) is 3. The highest BCUT2D eigenvalue weighted by Gasteiger charge is 2.22. The van der Waals surface area contributed by atoms with Crippen LogP contribution in [0.4, 0.5) is 5.69 Å². The van der Waals surface area contributed by atoms with Crippen LogP contribution in [0.25, 0.3) is 10.9 Å². The molecule has 0 saturated carbocycles. The van der Waals surface area contributed by atoms with Crippen LogP contribution >= 0.6 is 23.8 Å². The minimum absolute atomic E-state index is 0.0557. The number of para-hydroxylation sites is 1. The molecular weight excluding hydrogens is 508 g/mol. The van der Waals surface area contributed by atoms with E-state index in [1.807, 2.05) is 35.0 Å². The number of fused-ring (bicyclic) bond motifs is 1. The lowest BCUT2D eigenvalue weighted by atomic mass is 10.0. The molecule has 0 unspecified atom stereocenters. The maximum atomic E-state index is 12.7. The minimum Gasteiger partial charge on any atom is -0.390 e. The van der Waals surface area contributed by atoms with Gasteiger partial charge in [-0.25, -0.2) is 13.4 Å². The quantitative estimate of drug-likeness (QED) is 0.255. The number of hydrogen-bond acceptors (Lipinski definition) is 5. The Morgan fingerprint density at radius 3 is 2.57 bits per heavy atom. The van der Waals surface area contributed by atoms with Crippen LogP contribution in [0.15, 0.2) is 64.6 Å². The Balaban J connectivity index is 1.30.